The van der Waals surface area contributed by atoms with E-state index in [9.17, 15) is 4.79 Å². The van der Waals surface area contributed by atoms with E-state index in [0.717, 1.165) is 43.1 Å². The molecule has 1 aromatic heterocycles. The van der Waals surface area contributed by atoms with Crippen LogP contribution in [-0.4, -0.2) is 47.8 Å². The van der Waals surface area contributed by atoms with Crippen LogP contribution in [0.4, 0.5) is 10.7 Å². The van der Waals surface area contributed by atoms with Crippen LogP contribution in [0.15, 0.2) is 6.20 Å². The Labute approximate surface area is 155 Å². The predicted molar refractivity (Wildman–Crippen MR) is 101 cm³/mol. The second-order valence-corrected chi connectivity index (χ2v) is 9.12. The fourth-order valence-corrected chi connectivity index (χ4v) is 3.62. The number of aromatic nitrogens is 2. The summed E-state index contributed by atoms with van der Waals surface area (Å²) in [5.74, 6) is 0.766. The van der Waals surface area contributed by atoms with Crippen LogP contribution in [0.25, 0.3) is 0 Å². The Balaban J connectivity index is 1.82. The fraction of sp³-hybridized carbons (Fsp3) is 0.737. The van der Waals surface area contributed by atoms with Crippen LogP contribution in [0.1, 0.15) is 58.3 Å². The van der Waals surface area contributed by atoms with Crippen molar-refractivity contribution in [2.75, 3.05) is 31.2 Å². The van der Waals surface area contributed by atoms with Gasteiger partial charge in [-0.05, 0) is 39.0 Å². The normalized spacial score (nSPS) is 22.5. The van der Waals surface area contributed by atoms with Crippen LogP contribution >= 0.6 is 0 Å². The van der Waals surface area contributed by atoms with Crippen molar-refractivity contribution in [1.82, 2.24) is 20.6 Å². The molecule has 1 atom stereocenters. The molecule has 1 aliphatic heterocycles. The minimum absolute atomic E-state index is 0.0727. The molecule has 7 nitrogen and oxygen atoms in total. The quantitative estimate of drug-likeness (QED) is 0.846. The lowest BCUT2D eigenvalue weighted by atomic mass is 9.74. The maximum absolute atomic E-state index is 12.4. The lowest BCUT2D eigenvalue weighted by Gasteiger charge is -2.37. The molecule has 1 unspecified atom stereocenters. The highest BCUT2D eigenvalue weighted by Gasteiger charge is 2.35. The summed E-state index contributed by atoms with van der Waals surface area (Å²) in [6.07, 6.45) is 3.66. The second-order valence-electron chi connectivity index (χ2n) is 9.12. The molecule has 2 aliphatic rings. The van der Waals surface area contributed by atoms with Crippen molar-refractivity contribution < 1.29 is 9.53 Å². The molecule has 7 heteroatoms. The maximum atomic E-state index is 12.4. The monoisotopic (exact) mass is 361 g/mol. The zero-order valence-corrected chi connectivity index (χ0v) is 16.6. The average molecular weight is 361 g/mol. The lowest BCUT2D eigenvalue weighted by Crippen LogP contribution is -2.48. The molecule has 2 amide bonds. The SMILES string of the molecule is CC1(C)Cc2nc(N3CCOCC3)ncc2C(NC(=O)NC(C)(C)C)C1. The zero-order chi connectivity index (χ0) is 18.9. The molecule has 2 N–H and O–H groups in total. The van der Waals surface area contributed by atoms with Crippen molar-refractivity contribution in [1.29, 1.82) is 0 Å². The van der Waals surface area contributed by atoms with E-state index in [-0.39, 0.29) is 23.0 Å². The average Bonchev–Trinajstić information content (AvgIpc) is 2.52. The van der Waals surface area contributed by atoms with Gasteiger partial charge in [-0.1, -0.05) is 13.8 Å². The number of nitrogens with zero attached hydrogens (tertiary/aromatic N) is 3. The number of morpholine rings is 1. The molecular formula is C19H31N5O2. The largest absolute Gasteiger partial charge is 0.378 e. The van der Waals surface area contributed by atoms with Gasteiger partial charge in [-0.15, -0.1) is 0 Å². The predicted octanol–water partition coefficient (Wildman–Crippen LogP) is 2.42. The van der Waals surface area contributed by atoms with Crippen molar-refractivity contribution in [3.63, 3.8) is 0 Å². The minimum Gasteiger partial charge on any atom is -0.378 e. The molecule has 1 fully saturated rings. The number of carbonyl (C=O) groups is 1. The summed E-state index contributed by atoms with van der Waals surface area (Å²) in [6, 6.07) is -0.224. The van der Waals surface area contributed by atoms with Gasteiger partial charge in [0, 0.05) is 30.4 Å². The molecule has 0 saturated carbocycles. The highest BCUT2D eigenvalue weighted by molar-refractivity contribution is 5.75. The Hall–Kier alpha value is -1.89. The van der Waals surface area contributed by atoms with Crippen LogP contribution < -0.4 is 15.5 Å². The Kier molecular flexibility index (Phi) is 5.10. The number of anilines is 1. The molecular weight excluding hydrogens is 330 g/mol. The molecule has 1 saturated heterocycles. The molecule has 26 heavy (non-hydrogen) atoms. The van der Waals surface area contributed by atoms with E-state index >= 15 is 0 Å². The Morgan fingerprint density at radius 2 is 2.00 bits per heavy atom. The number of nitrogens with one attached hydrogen (secondary N) is 2. The molecule has 2 heterocycles. The number of ether oxygens (including phenoxy) is 1. The standard InChI is InChI=1S/C19H31N5O2/c1-18(2,3)23-17(25)22-15-11-19(4,5)10-14-13(15)12-20-16(21-14)24-6-8-26-9-7-24/h12,15H,6-11H2,1-5H3,(H2,22,23,25). The third kappa shape index (κ3) is 4.63. The topological polar surface area (TPSA) is 79.4 Å². The Morgan fingerprint density at radius 1 is 1.31 bits per heavy atom. The third-order valence-electron chi connectivity index (χ3n) is 4.75. The number of hydrogen-bond donors (Lipinski definition) is 2. The first-order valence-electron chi connectivity index (χ1n) is 9.40. The van der Waals surface area contributed by atoms with Crippen molar-refractivity contribution in [2.45, 2.75) is 59.0 Å². The summed E-state index contributed by atoms with van der Waals surface area (Å²) in [4.78, 5) is 24.0. The van der Waals surface area contributed by atoms with E-state index in [0.29, 0.717) is 13.2 Å². The van der Waals surface area contributed by atoms with E-state index < -0.39 is 0 Å². The van der Waals surface area contributed by atoms with Crippen LogP contribution in [0.5, 0.6) is 0 Å². The summed E-state index contributed by atoms with van der Waals surface area (Å²) >= 11 is 0. The van der Waals surface area contributed by atoms with Crippen LogP contribution in [-0.2, 0) is 11.2 Å². The number of amides is 2. The van der Waals surface area contributed by atoms with E-state index in [1.165, 1.54) is 0 Å². The number of fused-ring (bicyclic) bond motifs is 1. The Morgan fingerprint density at radius 3 is 2.65 bits per heavy atom. The first-order valence-corrected chi connectivity index (χ1v) is 9.40. The highest BCUT2D eigenvalue weighted by Crippen LogP contribution is 2.40. The van der Waals surface area contributed by atoms with Crippen LogP contribution in [0, 0.1) is 5.41 Å². The first kappa shape index (κ1) is 18.9. The maximum Gasteiger partial charge on any atom is 0.315 e. The summed E-state index contributed by atoms with van der Waals surface area (Å²) in [5, 5.41) is 6.10. The van der Waals surface area contributed by atoms with Gasteiger partial charge in [0.1, 0.15) is 0 Å². The molecule has 0 bridgehead atoms. The van der Waals surface area contributed by atoms with Gasteiger partial charge in [0.15, 0.2) is 0 Å². The fourth-order valence-electron chi connectivity index (χ4n) is 3.62. The molecule has 0 aromatic carbocycles. The van der Waals surface area contributed by atoms with E-state index in [4.69, 9.17) is 9.72 Å². The minimum atomic E-state index is -0.270. The smallest absolute Gasteiger partial charge is 0.315 e. The van der Waals surface area contributed by atoms with Gasteiger partial charge >= 0.3 is 6.03 Å². The van der Waals surface area contributed by atoms with Crippen molar-refractivity contribution in [3.05, 3.63) is 17.5 Å². The number of rotatable bonds is 2. The van der Waals surface area contributed by atoms with E-state index in [1.54, 1.807) is 0 Å². The van der Waals surface area contributed by atoms with Crippen molar-refractivity contribution in [2.24, 2.45) is 5.41 Å². The number of urea groups is 1. The molecule has 1 aromatic rings. The first-order chi connectivity index (χ1) is 12.1. The molecule has 144 valence electrons. The van der Waals surface area contributed by atoms with Gasteiger partial charge in [-0.25, -0.2) is 14.8 Å². The van der Waals surface area contributed by atoms with Gasteiger partial charge in [-0.3, -0.25) is 0 Å². The highest BCUT2D eigenvalue weighted by atomic mass is 16.5. The van der Waals surface area contributed by atoms with Crippen LogP contribution in [0.2, 0.25) is 0 Å². The third-order valence-corrected chi connectivity index (χ3v) is 4.75. The van der Waals surface area contributed by atoms with Gasteiger partial charge < -0.3 is 20.3 Å². The molecule has 0 radical (unpaired) electrons. The molecule has 3 rings (SSSR count). The van der Waals surface area contributed by atoms with Gasteiger partial charge in [0.05, 0.1) is 24.9 Å². The van der Waals surface area contributed by atoms with Gasteiger partial charge in [0.2, 0.25) is 5.95 Å². The summed E-state index contributed by atoms with van der Waals surface area (Å²) in [6.45, 7) is 13.4. The summed E-state index contributed by atoms with van der Waals surface area (Å²) in [7, 11) is 0. The van der Waals surface area contributed by atoms with Crippen molar-refractivity contribution in [3.8, 4) is 0 Å². The Bertz CT molecular complexity index is 662. The van der Waals surface area contributed by atoms with Gasteiger partial charge in [0.25, 0.3) is 0 Å². The van der Waals surface area contributed by atoms with Crippen LogP contribution in [0.3, 0.4) is 0 Å². The molecule has 1 aliphatic carbocycles. The zero-order valence-electron chi connectivity index (χ0n) is 16.6. The second kappa shape index (κ2) is 7.02. The van der Waals surface area contributed by atoms with Gasteiger partial charge in [-0.2, -0.15) is 0 Å². The number of carbonyl (C=O) groups excluding carboxylic acids is 1. The lowest BCUT2D eigenvalue weighted by molar-refractivity contribution is 0.122. The van der Waals surface area contributed by atoms with E-state index in [2.05, 4.69) is 34.4 Å². The summed E-state index contributed by atoms with van der Waals surface area (Å²) < 4.78 is 5.42. The summed E-state index contributed by atoms with van der Waals surface area (Å²) in [5.41, 5.74) is 1.88. The van der Waals surface area contributed by atoms with Crippen molar-refractivity contribution >= 4 is 12.0 Å². The number of hydrogen-bond acceptors (Lipinski definition) is 5. The molecule has 0 spiro atoms. The van der Waals surface area contributed by atoms with E-state index in [1.807, 2.05) is 27.0 Å².